The number of fused-ring (bicyclic) bond motifs is 1. The van der Waals surface area contributed by atoms with Crippen molar-refractivity contribution in [2.24, 2.45) is 0 Å². The number of carbonyl (C=O) groups excluding carboxylic acids is 1. The van der Waals surface area contributed by atoms with Gasteiger partial charge in [-0.1, -0.05) is 19.1 Å². The van der Waals surface area contributed by atoms with Gasteiger partial charge in [-0.3, -0.25) is 4.79 Å². The summed E-state index contributed by atoms with van der Waals surface area (Å²) < 4.78 is 0. The highest BCUT2D eigenvalue weighted by Gasteiger charge is 2.45. The highest BCUT2D eigenvalue weighted by molar-refractivity contribution is 6.06. The van der Waals surface area contributed by atoms with Crippen LogP contribution in [0.4, 0.5) is 11.4 Å². The molecule has 0 aliphatic carbocycles. The zero-order valence-electron chi connectivity index (χ0n) is 14.6. The molecule has 24 heavy (non-hydrogen) atoms. The summed E-state index contributed by atoms with van der Waals surface area (Å²) in [6, 6.07) is 8.70. The normalized spacial score (nSPS) is 25.1. The minimum absolute atomic E-state index is 0.140. The van der Waals surface area contributed by atoms with E-state index in [9.17, 15) is 4.79 Å². The average Bonchev–Trinajstić information content (AvgIpc) is 2.63. The Morgan fingerprint density at radius 3 is 2.42 bits per heavy atom. The largest absolute Gasteiger partial charge is 0.369 e. The topological polar surface area (TPSA) is 47.6 Å². The number of hydrogen-bond donors (Lipinski definition) is 2. The predicted octanol–water partition coefficient (Wildman–Crippen LogP) is 2.37. The van der Waals surface area contributed by atoms with Crippen LogP contribution < -0.4 is 10.6 Å². The van der Waals surface area contributed by atoms with E-state index in [2.05, 4.69) is 33.4 Å². The Morgan fingerprint density at radius 1 is 1.08 bits per heavy atom. The van der Waals surface area contributed by atoms with Crippen LogP contribution in [0.15, 0.2) is 24.3 Å². The van der Waals surface area contributed by atoms with Crippen molar-refractivity contribution in [1.82, 2.24) is 9.80 Å². The number of benzene rings is 1. The summed E-state index contributed by atoms with van der Waals surface area (Å²) in [7, 11) is 0. The van der Waals surface area contributed by atoms with Gasteiger partial charge in [0.25, 0.3) is 0 Å². The van der Waals surface area contributed by atoms with Crippen molar-refractivity contribution in [3.8, 4) is 0 Å². The van der Waals surface area contributed by atoms with Gasteiger partial charge in [0, 0.05) is 19.1 Å². The van der Waals surface area contributed by atoms with E-state index < -0.39 is 5.54 Å². The Balaban J connectivity index is 1.40. The summed E-state index contributed by atoms with van der Waals surface area (Å²) in [5.74, 6) is 0.140. The minimum Gasteiger partial charge on any atom is -0.369 e. The van der Waals surface area contributed by atoms with Gasteiger partial charge in [0.1, 0.15) is 5.54 Å². The third kappa shape index (κ3) is 2.80. The molecule has 0 unspecified atom stereocenters. The first-order valence-electron chi connectivity index (χ1n) is 9.35. The first kappa shape index (κ1) is 15.9. The Kier molecular flexibility index (Phi) is 4.22. The second-order valence-corrected chi connectivity index (χ2v) is 7.41. The summed E-state index contributed by atoms with van der Waals surface area (Å²) >= 11 is 0. The summed E-state index contributed by atoms with van der Waals surface area (Å²) in [5, 5.41) is 6.66. The monoisotopic (exact) mass is 328 g/mol. The van der Waals surface area contributed by atoms with Crippen molar-refractivity contribution in [3.05, 3.63) is 24.3 Å². The average molecular weight is 328 g/mol. The summed E-state index contributed by atoms with van der Waals surface area (Å²) in [6.45, 7) is 7.87. The third-order valence-corrected chi connectivity index (χ3v) is 6.16. The van der Waals surface area contributed by atoms with Gasteiger partial charge in [-0.25, -0.2) is 0 Å². The van der Waals surface area contributed by atoms with Crippen LogP contribution in [0.1, 0.15) is 32.6 Å². The second-order valence-electron chi connectivity index (χ2n) is 7.41. The molecule has 0 bridgehead atoms. The summed E-state index contributed by atoms with van der Waals surface area (Å²) in [6.07, 6.45) is 4.31. The molecule has 1 aromatic carbocycles. The number of nitrogens with zero attached hydrogens (tertiary/aromatic N) is 2. The maximum Gasteiger partial charge on any atom is 0.250 e. The van der Waals surface area contributed by atoms with Gasteiger partial charge < -0.3 is 20.4 Å². The van der Waals surface area contributed by atoms with E-state index in [0.717, 1.165) is 37.3 Å². The molecule has 3 aliphatic rings. The van der Waals surface area contributed by atoms with E-state index in [1.54, 1.807) is 0 Å². The standard InChI is InChI=1S/C19H28N4O/c1-2-22-11-7-15(8-12-22)23-13-9-19(10-14-23)18(24)20-16-5-3-4-6-17(16)21-19/h3-6,15,21H,2,7-14H2,1H3,(H,20,24). The number of anilines is 2. The molecular weight excluding hydrogens is 300 g/mol. The van der Waals surface area contributed by atoms with E-state index in [1.807, 2.05) is 18.2 Å². The molecule has 0 aromatic heterocycles. The SMILES string of the molecule is CCN1CCC(N2CCC3(CC2)Nc2ccccc2NC3=O)CC1. The van der Waals surface area contributed by atoms with Gasteiger partial charge in [-0.2, -0.15) is 0 Å². The van der Waals surface area contributed by atoms with Gasteiger partial charge in [0.2, 0.25) is 5.91 Å². The van der Waals surface area contributed by atoms with Crippen LogP contribution in [0.3, 0.4) is 0 Å². The Hall–Kier alpha value is -1.59. The molecule has 130 valence electrons. The highest BCUT2D eigenvalue weighted by atomic mass is 16.2. The zero-order valence-corrected chi connectivity index (χ0v) is 14.6. The molecule has 0 radical (unpaired) electrons. The second kappa shape index (κ2) is 6.37. The van der Waals surface area contributed by atoms with E-state index in [0.29, 0.717) is 6.04 Å². The number of hydrogen-bond acceptors (Lipinski definition) is 4. The van der Waals surface area contributed by atoms with Crippen LogP contribution in [0.25, 0.3) is 0 Å². The molecule has 5 nitrogen and oxygen atoms in total. The summed E-state index contributed by atoms with van der Waals surface area (Å²) in [4.78, 5) is 17.9. The Labute approximate surface area is 144 Å². The number of para-hydroxylation sites is 2. The molecule has 0 atom stereocenters. The van der Waals surface area contributed by atoms with E-state index in [4.69, 9.17) is 0 Å². The lowest BCUT2D eigenvalue weighted by atomic mass is 9.83. The van der Waals surface area contributed by atoms with Crippen LogP contribution >= 0.6 is 0 Å². The fourth-order valence-corrected chi connectivity index (χ4v) is 4.48. The van der Waals surface area contributed by atoms with Crippen LogP contribution in [0.2, 0.25) is 0 Å². The maximum absolute atomic E-state index is 12.7. The van der Waals surface area contributed by atoms with Crippen molar-refractivity contribution in [1.29, 1.82) is 0 Å². The molecule has 1 aromatic rings. The van der Waals surface area contributed by atoms with Gasteiger partial charge in [0.05, 0.1) is 11.4 Å². The van der Waals surface area contributed by atoms with Crippen molar-refractivity contribution < 1.29 is 4.79 Å². The van der Waals surface area contributed by atoms with Crippen molar-refractivity contribution in [2.45, 2.75) is 44.2 Å². The maximum atomic E-state index is 12.7. The number of carbonyl (C=O) groups is 1. The molecule has 5 heteroatoms. The molecule has 2 N–H and O–H groups in total. The van der Waals surface area contributed by atoms with Crippen molar-refractivity contribution in [2.75, 3.05) is 43.4 Å². The third-order valence-electron chi connectivity index (χ3n) is 6.16. The Morgan fingerprint density at radius 2 is 1.75 bits per heavy atom. The van der Waals surface area contributed by atoms with Gasteiger partial charge >= 0.3 is 0 Å². The van der Waals surface area contributed by atoms with Crippen molar-refractivity contribution in [3.63, 3.8) is 0 Å². The van der Waals surface area contributed by atoms with Gasteiger partial charge in [-0.15, -0.1) is 0 Å². The molecule has 2 saturated heterocycles. The number of piperidine rings is 2. The fourth-order valence-electron chi connectivity index (χ4n) is 4.48. The van der Waals surface area contributed by atoms with Crippen LogP contribution in [-0.2, 0) is 4.79 Å². The fraction of sp³-hybridized carbons (Fsp3) is 0.632. The Bertz CT molecular complexity index is 601. The molecule has 1 amide bonds. The molecule has 0 saturated carbocycles. The van der Waals surface area contributed by atoms with Crippen LogP contribution in [-0.4, -0.2) is 60.0 Å². The predicted molar refractivity (Wildman–Crippen MR) is 97.4 cm³/mol. The number of amides is 1. The van der Waals surface area contributed by atoms with Gasteiger partial charge in [-0.05, 0) is 57.5 Å². The highest BCUT2D eigenvalue weighted by Crippen LogP contribution is 2.37. The lowest BCUT2D eigenvalue weighted by Crippen LogP contribution is -2.60. The van der Waals surface area contributed by atoms with E-state index in [-0.39, 0.29) is 5.91 Å². The minimum atomic E-state index is -0.422. The van der Waals surface area contributed by atoms with E-state index >= 15 is 0 Å². The van der Waals surface area contributed by atoms with Crippen LogP contribution in [0.5, 0.6) is 0 Å². The molecule has 3 heterocycles. The lowest BCUT2D eigenvalue weighted by molar-refractivity contribution is -0.122. The molecule has 1 spiro atoms. The van der Waals surface area contributed by atoms with Crippen LogP contribution in [0, 0.1) is 0 Å². The lowest BCUT2D eigenvalue weighted by Gasteiger charge is -2.47. The molecule has 2 fully saturated rings. The zero-order chi connectivity index (χ0) is 16.6. The number of nitrogens with one attached hydrogen (secondary N) is 2. The number of likely N-dealkylation sites (tertiary alicyclic amines) is 2. The summed E-state index contributed by atoms with van der Waals surface area (Å²) in [5.41, 5.74) is 1.54. The molecular formula is C19H28N4O. The smallest absolute Gasteiger partial charge is 0.250 e. The van der Waals surface area contributed by atoms with E-state index in [1.165, 1.54) is 32.5 Å². The number of rotatable bonds is 2. The first-order valence-corrected chi connectivity index (χ1v) is 9.35. The quantitative estimate of drug-likeness (QED) is 0.875. The van der Waals surface area contributed by atoms with Gasteiger partial charge in [0.15, 0.2) is 0 Å². The van der Waals surface area contributed by atoms with Crippen molar-refractivity contribution >= 4 is 17.3 Å². The molecule has 4 rings (SSSR count). The molecule has 3 aliphatic heterocycles. The first-order chi connectivity index (χ1) is 11.7.